The van der Waals surface area contributed by atoms with Crippen molar-refractivity contribution in [3.05, 3.63) is 0 Å². The zero-order chi connectivity index (χ0) is 8.81. The highest BCUT2D eigenvalue weighted by Crippen LogP contribution is 2.18. The number of hydrogen-bond donors (Lipinski definition) is 2. The Bertz CT molecular complexity index is 148. The van der Waals surface area contributed by atoms with Gasteiger partial charge in [-0.1, -0.05) is 0 Å². The molecule has 12 heavy (non-hydrogen) atoms. The molecule has 2 N–H and O–H groups in total. The van der Waals surface area contributed by atoms with Crippen LogP contribution >= 0.6 is 0 Å². The molecule has 1 amide bonds. The van der Waals surface area contributed by atoms with Crippen LogP contribution in [-0.4, -0.2) is 31.7 Å². The van der Waals surface area contributed by atoms with Gasteiger partial charge in [-0.05, 0) is 12.8 Å². The molecule has 0 atom stereocenters. The summed E-state index contributed by atoms with van der Waals surface area (Å²) in [6.07, 6.45) is 2.68. The molecule has 1 fully saturated rings. The number of carbonyl (C=O) groups excluding carboxylic acids is 1. The summed E-state index contributed by atoms with van der Waals surface area (Å²) in [7, 11) is 0. The van der Waals surface area contributed by atoms with Crippen LogP contribution in [0.15, 0.2) is 0 Å². The Labute approximate surface area is 71.7 Å². The molecule has 3 nitrogen and oxygen atoms in total. The molecule has 0 unspecified atom stereocenters. The van der Waals surface area contributed by atoms with E-state index in [9.17, 15) is 9.18 Å². The van der Waals surface area contributed by atoms with Crippen LogP contribution in [0.1, 0.15) is 19.3 Å². The maximum absolute atomic E-state index is 11.6. The molecule has 0 bridgehead atoms. The molecule has 1 aliphatic carbocycles. The summed E-state index contributed by atoms with van der Waals surface area (Å²) in [5.41, 5.74) is 0. The third-order valence-corrected chi connectivity index (χ3v) is 1.74. The fourth-order valence-corrected chi connectivity index (χ4v) is 0.921. The number of rotatable bonds is 6. The largest absolute Gasteiger partial charge is 0.353 e. The molecule has 1 aliphatic rings. The summed E-state index contributed by atoms with van der Waals surface area (Å²) in [6, 6.07) is 0.429. The van der Waals surface area contributed by atoms with E-state index in [1.54, 1.807) is 0 Å². The predicted molar refractivity (Wildman–Crippen MR) is 44.6 cm³/mol. The fourth-order valence-electron chi connectivity index (χ4n) is 0.921. The van der Waals surface area contributed by atoms with Gasteiger partial charge in [0.2, 0.25) is 5.91 Å². The van der Waals surface area contributed by atoms with Crippen LogP contribution in [0.2, 0.25) is 0 Å². The van der Waals surface area contributed by atoms with E-state index in [1.807, 2.05) is 0 Å². The average Bonchev–Trinajstić information content (AvgIpc) is 2.82. The molecule has 0 aromatic heterocycles. The summed E-state index contributed by atoms with van der Waals surface area (Å²) in [5.74, 6) is 0.0730. The van der Waals surface area contributed by atoms with E-state index < -0.39 is 0 Å². The smallest absolute Gasteiger partial charge is 0.221 e. The van der Waals surface area contributed by atoms with Crippen molar-refractivity contribution in [2.24, 2.45) is 0 Å². The second-order valence-corrected chi connectivity index (χ2v) is 3.03. The van der Waals surface area contributed by atoms with E-state index in [-0.39, 0.29) is 12.6 Å². The van der Waals surface area contributed by atoms with Crippen molar-refractivity contribution in [1.29, 1.82) is 0 Å². The molecule has 1 rings (SSSR count). The maximum Gasteiger partial charge on any atom is 0.221 e. The number of nitrogens with one attached hydrogen (secondary N) is 2. The van der Waals surface area contributed by atoms with Crippen molar-refractivity contribution in [2.45, 2.75) is 25.3 Å². The molecule has 0 aliphatic heterocycles. The molecule has 0 aromatic rings. The number of carbonyl (C=O) groups is 1. The number of hydrogen-bond acceptors (Lipinski definition) is 2. The molecular weight excluding hydrogens is 159 g/mol. The van der Waals surface area contributed by atoms with Gasteiger partial charge in [0.15, 0.2) is 0 Å². The summed E-state index contributed by atoms with van der Waals surface area (Å²) >= 11 is 0. The topological polar surface area (TPSA) is 41.1 Å². The van der Waals surface area contributed by atoms with Crippen molar-refractivity contribution in [2.75, 3.05) is 19.8 Å². The van der Waals surface area contributed by atoms with E-state index in [1.165, 1.54) is 0 Å². The van der Waals surface area contributed by atoms with Crippen LogP contribution in [-0.2, 0) is 4.79 Å². The highest BCUT2D eigenvalue weighted by atomic mass is 19.1. The van der Waals surface area contributed by atoms with Crippen LogP contribution in [0, 0.1) is 0 Å². The Kier molecular flexibility index (Phi) is 4.00. The Hall–Kier alpha value is -0.640. The SMILES string of the molecule is O=C(CCNCCF)NC1CC1. The minimum atomic E-state index is -0.371. The summed E-state index contributed by atoms with van der Waals surface area (Å²) < 4.78 is 11.6. The zero-order valence-corrected chi connectivity index (χ0v) is 7.11. The number of alkyl halides is 1. The molecule has 1 saturated carbocycles. The molecule has 0 radical (unpaired) electrons. The van der Waals surface area contributed by atoms with Gasteiger partial charge in [-0.25, -0.2) is 4.39 Å². The molecule has 4 heteroatoms. The van der Waals surface area contributed by atoms with Crippen LogP contribution in [0.5, 0.6) is 0 Å². The average molecular weight is 174 g/mol. The quantitative estimate of drug-likeness (QED) is 0.565. The maximum atomic E-state index is 11.6. The van der Waals surface area contributed by atoms with Crippen LogP contribution in [0.3, 0.4) is 0 Å². The first-order valence-corrected chi connectivity index (χ1v) is 4.39. The Balaban J connectivity index is 1.87. The van der Waals surface area contributed by atoms with Gasteiger partial charge in [0.05, 0.1) is 0 Å². The van der Waals surface area contributed by atoms with Crippen molar-refractivity contribution in [1.82, 2.24) is 10.6 Å². The Morgan fingerprint density at radius 1 is 1.42 bits per heavy atom. The normalized spacial score (nSPS) is 16.1. The zero-order valence-electron chi connectivity index (χ0n) is 7.11. The van der Waals surface area contributed by atoms with Crippen LogP contribution in [0.25, 0.3) is 0 Å². The van der Waals surface area contributed by atoms with Gasteiger partial charge in [-0.3, -0.25) is 4.79 Å². The van der Waals surface area contributed by atoms with E-state index >= 15 is 0 Å². The number of halogens is 1. The predicted octanol–water partition coefficient (Wildman–Crippen LogP) is 0.214. The molecule has 0 aromatic carbocycles. The first kappa shape index (κ1) is 9.45. The summed E-state index contributed by atoms with van der Waals surface area (Å²) in [6.45, 7) is 0.545. The lowest BCUT2D eigenvalue weighted by atomic mass is 10.4. The van der Waals surface area contributed by atoms with Gasteiger partial charge < -0.3 is 10.6 Å². The molecule has 0 heterocycles. The third kappa shape index (κ3) is 4.28. The lowest BCUT2D eigenvalue weighted by Crippen LogP contribution is -2.29. The van der Waals surface area contributed by atoms with Crippen molar-refractivity contribution >= 4 is 5.91 Å². The molecular formula is C8H15FN2O. The number of amides is 1. The minimum absolute atomic E-state index is 0.0730. The first-order valence-electron chi connectivity index (χ1n) is 4.39. The van der Waals surface area contributed by atoms with Gasteiger partial charge in [-0.15, -0.1) is 0 Å². The van der Waals surface area contributed by atoms with Crippen LogP contribution < -0.4 is 10.6 Å². The van der Waals surface area contributed by atoms with Gasteiger partial charge in [-0.2, -0.15) is 0 Å². The Morgan fingerprint density at radius 2 is 2.17 bits per heavy atom. The van der Waals surface area contributed by atoms with E-state index in [0.29, 0.717) is 25.6 Å². The van der Waals surface area contributed by atoms with E-state index in [4.69, 9.17) is 0 Å². The lowest BCUT2D eigenvalue weighted by Gasteiger charge is -2.03. The van der Waals surface area contributed by atoms with Crippen molar-refractivity contribution in [3.63, 3.8) is 0 Å². The first-order chi connectivity index (χ1) is 5.83. The van der Waals surface area contributed by atoms with Gasteiger partial charge >= 0.3 is 0 Å². The van der Waals surface area contributed by atoms with Gasteiger partial charge in [0.25, 0.3) is 0 Å². The lowest BCUT2D eigenvalue weighted by molar-refractivity contribution is -0.121. The fraction of sp³-hybridized carbons (Fsp3) is 0.875. The molecule has 0 spiro atoms. The summed E-state index contributed by atoms with van der Waals surface area (Å²) in [5, 5.41) is 5.68. The second kappa shape index (κ2) is 5.09. The van der Waals surface area contributed by atoms with Crippen LogP contribution in [0.4, 0.5) is 4.39 Å². The van der Waals surface area contributed by atoms with Crippen molar-refractivity contribution < 1.29 is 9.18 Å². The van der Waals surface area contributed by atoms with E-state index in [0.717, 1.165) is 12.8 Å². The second-order valence-electron chi connectivity index (χ2n) is 3.03. The van der Waals surface area contributed by atoms with E-state index in [2.05, 4.69) is 10.6 Å². The standard InChI is InChI=1S/C8H15FN2O/c9-4-6-10-5-3-8(12)11-7-1-2-7/h7,10H,1-6H2,(H,11,12). The monoisotopic (exact) mass is 174 g/mol. The highest BCUT2D eigenvalue weighted by Gasteiger charge is 2.22. The van der Waals surface area contributed by atoms with Gasteiger partial charge in [0.1, 0.15) is 6.67 Å². The minimum Gasteiger partial charge on any atom is -0.353 e. The molecule has 0 saturated heterocycles. The van der Waals surface area contributed by atoms with Gasteiger partial charge in [0, 0.05) is 25.6 Å². The molecule has 70 valence electrons. The van der Waals surface area contributed by atoms with Crippen molar-refractivity contribution in [3.8, 4) is 0 Å². The summed E-state index contributed by atoms with van der Waals surface area (Å²) in [4.78, 5) is 11.0. The Morgan fingerprint density at radius 3 is 2.75 bits per heavy atom. The highest BCUT2D eigenvalue weighted by molar-refractivity contribution is 5.76. The third-order valence-electron chi connectivity index (χ3n) is 1.74.